The Morgan fingerprint density at radius 1 is 1.21 bits per heavy atom. The van der Waals surface area contributed by atoms with Gasteiger partial charge in [-0.2, -0.15) is 0 Å². The van der Waals surface area contributed by atoms with Crippen molar-refractivity contribution < 1.29 is 19.4 Å². The van der Waals surface area contributed by atoms with E-state index in [1.807, 2.05) is 20.8 Å². The minimum absolute atomic E-state index is 0.419. The molecule has 104 valence electrons. The molecule has 5 heteroatoms. The zero-order valence-corrected chi connectivity index (χ0v) is 11.6. The average Bonchev–Trinajstić information content (AvgIpc) is 2.34. The zero-order chi connectivity index (χ0) is 14.6. The summed E-state index contributed by atoms with van der Waals surface area (Å²) in [5.74, 6) is -1.33. The highest BCUT2D eigenvalue weighted by molar-refractivity contribution is 5.89. The Labute approximate surface area is 112 Å². The van der Waals surface area contributed by atoms with Gasteiger partial charge in [-0.1, -0.05) is 20.8 Å². The quantitative estimate of drug-likeness (QED) is 0.817. The fourth-order valence-corrected chi connectivity index (χ4v) is 1.64. The standard InChI is InChI=1S/C14H19NO4/c1-14(2,3)11(12(16)17)15-10-7-5-9(6-8-10)13(18)19-4/h5-8,11,15H,1-4H3,(H,16,17). The summed E-state index contributed by atoms with van der Waals surface area (Å²) in [6.07, 6.45) is 0. The molecule has 0 spiro atoms. The van der Waals surface area contributed by atoms with Crippen molar-refractivity contribution >= 4 is 17.6 Å². The molecule has 0 radical (unpaired) electrons. The fourth-order valence-electron chi connectivity index (χ4n) is 1.64. The Morgan fingerprint density at radius 2 is 1.74 bits per heavy atom. The number of carbonyl (C=O) groups is 2. The molecule has 1 aromatic carbocycles. The number of methoxy groups -OCH3 is 1. The maximum Gasteiger partial charge on any atom is 0.337 e. The third-order valence-corrected chi connectivity index (χ3v) is 2.73. The van der Waals surface area contributed by atoms with Crippen LogP contribution in [0.4, 0.5) is 5.69 Å². The number of anilines is 1. The van der Waals surface area contributed by atoms with Crippen LogP contribution in [0.2, 0.25) is 0 Å². The molecule has 0 aliphatic rings. The first-order valence-electron chi connectivity index (χ1n) is 5.93. The second-order valence-corrected chi connectivity index (χ2v) is 5.35. The summed E-state index contributed by atoms with van der Waals surface area (Å²) in [4.78, 5) is 22.5. The van der Waals surface area contributed by atoms with Crippen molar-refractivity contribution in [3.63, 3.8) is 0 Å². The molecule has 1 atom stereocenters. The van der Waals surface area contributed by atoms with Gasteiger partial charge in [-0.05, 0) is 29.7 Å². The molecule has 1 rings (SSSR count). The molecule has 0 aliphatic carbocycles. The molecule has 0 saturated heterocycles. The minimum Gasteiger partial charge on any atom is -0.480 e. The average molecular weight is 265 g/mol. The first-order chi connectivity index (χ1) is 8.75. The summed E-state index contributed by atoms with van der Waals surface area (Å²) in [6.45, 7) is 5.55. The molecule has 1 unspecified atom stereocenters. The van der Waals surface area contributed by atoms with E-state index in [0.717, 1.165) is 0 Å². The highest BCUT2D eigenvalue weighted by atomic mass is 16.5. The predicted octanol–water partition coefficient (Wildman–Crippen LogP) is 2.38. The van der Waals surface area contributed by atoms with Gasteiger partial charge in [0.25, 0.3) is 0 Å². The van der Waals surface area contributed by atoms with Crippen molar-refractivity contribution in [2.45, 2.75) is 26.8 Å². The molecule has 0 aromatic heterocycles. The van der Waals surface area contributed by atoms with Crippen molar-refractivity contribution in [2.75, 3.05) is 12.4 Å². The number of benzene rings is 1. The van der Waals surface area contributed by atoms with Crippen LogP contribution >= 0.6 is 0 Å². The Balaban J connectivity index is 2.87. The Hall–Kier alpha value is -2.04. The summed E-state index contributed by atoms with van der Waals surface area (Å²) in [5, 5.41) is 12.2. The van der Waals surface area contributed by atoms with Crippen LogP contribution < -0.4 is 5.32 Å². The van der Waals surface area contributed by atoms with Gasteiger partial charge in [0.15, 0.2) is 0 Å². The van der Waals surface area contributed by atoms with E-state index in [1.54, 1.807) is 24.3 Å². The van der Waals surface area contributed by atoms with Crippen molar-refractivity contribution in [3.05, 3.63) is 29.8 Å². The Kier molecular flexibility index (Phi) is 4.53. The number of rotatable bonds is 4. The third kappa shape index (κ3) is 3.98. The maximum absolute atomic E-state index is 11.3. The zero-order valence-electron chi connectivity index (χ0n) is 11.6. The van der Waals surface area contributed by atoms with Crippen molar-refractivity contribution in [3.8, 4) is 0 Å². The molecule has 0 aliphatic heterocycles. The second kappa shape index (κ2) is 5.73. The number of aliphatic carboxylic acids is 1. The number of carboxylic acids is 1. The van der Waals surface area contributed by atoms with Crippen molar-refractivity contribution in [2.24, 2.45) is 5.41 Å². The van der Waals surface area contributed by atoms with E-state index in [2.05, 4.69) is 10.1 Å². The first-order valence-corrected chi connectivity index (χ1v) is 5.93. The van der Waals surface area contributed by atoms with Gasteiger partial charge >= 0.3 is 11.9 Å². The summed E-state index contributed by atoms with van der Waals surface area (Å²) in [6, 6.07) is 5.80. The lowest BCUT2D eigenvalue weighted by Gasteiger charge is -2.28. The van der Waals surface area contributed by atoms with Crippen LogP contribution in [0.5, 0.6) is 0 Å². The molecular formula is C14H19NO4. The maximum atomic E-state index is 11.3. The van der Waals surface area contributed by atoms with E-state index in [1.165, 1.54) is 7.11 Å². The van der Waals surface area contributed by atoms with Gasteiger partial charge in [-0.3, -0.25) is 0 Å². The highest BCUT2D eigenvalue weighted by Gasteiger charge is 2.30. The van der Waals surface area contributed by atoms with E-state index < -0.39 is 23.4 Å². The third-order valence-electron chi connectivity index (χ3n) is 2.73. The van der Waals surface area contributed by atoms with Crippen LogP contribution in [-0.2, 0) is 9.53 Å². The molecule has 0 heterocycles. The summed E-state index contributed by atoms with van der Waals surface area (Å²) < 4.78 is 4.60. The number of ether oxygens (including phenoxy) is 1. The number of carboxylic acid groups (broad SMARTS) is 1. The van der Waals surface area contributed by atoms with Crippen molar-refractivity contribution in [1.82, 2.24) is 0 Å². The van der Waals surface area contributed by atoms with Gasteiger partial charge in [0, 0.05) is 5.69 Å². The van der Waals surface area contributed by atoms with E-state index in [-0.39, 0.29) is 0 Å². The lowest BCUT2D eigenvalue weighted by atomic mass is 9.86. The van der Waals surface area contributed by atoms with Gasteiger partial charge < -0.3 is 15.2 Å². The van der Waals surface area contributed by atoms with Crippen LogP contribution in [0.15, 0.2) is 24.3 Å². The molecular weight excluding hydrogens is 246 g/mol. The molecule has 1 aromatic rings. The van der Waals surface area contributed by atoms with Crippen LogP contribution in [0.25, 0.3) is 0 Å². The first kappa shape index (κ1) is 15.0. The number of hydrogen-bond donors (Lipinski definition) is 2. The van der Waals surface area contributed by atoms with Crippen LogP contribution in [0.3, 0.4) is 0 Å². The van der Waals surface area contributed by atoms with Crippen molar-refractivity contribution in [1.29, 1.82) is 0 Å². The predicted molar refractivity (Wildman–Crippen MR) is 72.3 cm³/mol. The normalized spacial score (nSPS) is 12.6. The van der Waals surface area contributed by atoms with Gasteiger partial charge in [-0.15, -0.1) is 0 Å². The number of esters is 1. The molecule has 0 bridgehead atoms. The van der Waals surface area contributed by atoms with Crippen LogP contribution in [-0.4, -0.2) is 30.2 Å². The van der Waals surface area contributed by atoms with Crippen LogP contribution in [0, 0.1) is 5.41 Å². The topological polar surface area (TPSA) is 75.6 Å². The molecule has 5 nitrogen and oxygen atoms in total. The second-order valence-electron chi connectivity index (χ2n) is 5.35. The molecule has 0 saturated carbocycles. The fraction of sp³-hybridized carbons (Fsp3) is 0.429. The molecule has 2 N–H and O–H groups in total. The number of nitrogens with one attached hydrogen (secondary N) is 1. The van der Waals surface area contributed by atoms with Gasteiger partial charge in [0.2, 0.25) is 0 Å². The van der Waals surface area contributed by atoms with E-state index in [4.69, 9.17) is 0 Å². The largest absolute Gasteiger partial charge is 0.480 e. The summed E-state index contributed by atoms with van der Waals surface area (Å²) in [5.41, 5.74) is 0.651. The molecule has 0 fully saturated rings. The van der Waals surface area contributed by atoms with Gasteiger partial charge in [0.1, 0.15) is 6.04 Å². The highest BCUT2D eigenvalue weighted by Crippen LogP contribution is 2.23. The van der Waals surface area contributed by atoms with Gasteiger partial charge in [-0.25, -0.2) is 9.59 Å². The van der Waals surface area contributed by atoms with E-state index in [9.17, 15) is 14.7 Å². The van der Waals surface area contributed by atoms with E-state index in [0.29, 0.717) is 11.3 Å². The van der Waals surface area contributed by atoms with Crippen LogP contribution in [0.1, 0.15) is 31.1 Å². The Bertz CT molecular complexity index is 459. The monoisotopic (exact) mass is 265 g/mol. The minimum atomic E-state index is -0.912. The van der Waals surface area contributed by atoms with Gasteiger partial charge in [0.05, 0.1) is 12.7 Å². The SMILES string of the molecule is COC(=O)c1ccc(NC(C(=O)O)C(C)(C)C)cc1. The lowest BCUT2D eigenvalue weighted by molar-refractivity contribution is -0.140. The summed E-state index contributed by atoms with van der Waals surface area (Å²) >= 11 is 0. The number of carbonyl (C=O) groups excluding carboxylic acids is 1. The molecule has 19 heavy (non-hydrogen) atoms. The summed E-state index contributed by atoms with van der Waals surface area (Å²) in [7, 11) is 1.31. The number of hydrogen-bond acceptors (Lipinski definition) is 4. The smallest absolute Gasteiger partial charge is 0.337 e. The lowest BCUT2D eigenvalue weighted by Crippen LogP contribution is -2.41. The molecule has 0 amide bonds. The Morgan fingerprint density at radius 3 is 2.11 bits per heavy atom. The van der Waals surface area contributed by atoms with E-state index >= 15 is 0 Å².